The second-order valence-electron chi connectivity index (χ2n) is 9.55. The molecule has 0 radical (unpaired) electrons. The van der Waals surface area contributed by atoms with Crippen molar-refractivity contribution in [1.29, 1.82) is 0 Å². The molecule has 0 spiro atoms. The largest absolute Gasteiger partial charge is 0.383 e. The van der Waals surface area contributed by atoms with E-state index in [0.29, 0.717) is 28.1 Å². The van der Waals surface area contributed by atoms with Crippen molar-refractivity contribution in [3.63, 3.8) is 0 Å². The van der Waals surface area contributed by atoms with Crippen molar-refractivity contribution in [2.75, 3.05) is 18.8 Å². The molecule has 1 aliphatic carbocycles. The zero-order valence-electron chi connectivity index (χ0n) is 19.7. The highest BCUT2D eigenvalue weighted by atomic mass is 35.5. The number of benzene rings is 1. The van der Waals surface area contributed by atoms with E-state index in [0.717, 1.165) is 52.7 Å². The predicted molar refractivity (Wildman–Crippen MR) is 140 cm³/mol. The molecular formula is C26H24ClN9. The highest BCUT2D eigenvalue weighted by Crippen LogP contribution is 2.38. The SMILES string of the molecule is Cn1ccc(-c2cnc(N)c3c(C#Cc4cc5ncn(C6CC6)c5cc4Cl)nn(C4CCNC4)c23)n1. The number of nitrogens with two attached hydrogens (primary N) is 1. The van der Waals surface area contributed by atoms with Gasteiger partial charge in [-0.3, -0.25) is 9.36 Å². The van der Waals surface area contributed by atoms with Crippen LogP contribution in [0, 0.1) is 11.8 Å². The number of imidazole rings is 1. The van der Waals surface area contributed by atoms with Crippen LogP contribution in [-0.4, -0.2) is 47.2 Å². The average molecular weight is 498 g/mol. The average Bonchev–Trinajstić information content (AvgIpc) is 3.26. The first-order valence-corrected chi connectivity index (χ1v) is 12.5. The second kappa shape index (κ2) is 8.08. The Morgan fingerprint density at radius 3 is 2.75 bits per heavy atom. The number of nitrogens with one attached hydrogen (secondary N) is 1. The van der Waals surface area contributed by atoms with E-state index in [1.165, 1.54) is 12.8 Å². The van der Waals surface area contributed by atoms with E-state index in [1.807, 2.05) is 42.5 Å². The van der Waals surface area contributed by atoms with Crippen LogP contribution in [0.15, 0.2) is 36.9 Å². The van der Waals surface area contributed by atoms with E-state index in [1.54, 1.807) is 10.9 Å². The number of hydrogen-bond donors (Lipinski definition) is 2. The molecule has 36 heavy (non-hydrogen) atoms. The maximum atomic E-state index is 6.66. The van der Waals surface area contributed by atoms with Crippen LogP contribution in [-0.2, 0) is 7.05 Å². The summed E-state index contributed by atoms with van der Waals surface area (Å²) in [6, 6.07) is 6.61. The summed E-state index contributed by atoms with van der Waals surface area (Å²) in [6.07, 6.45) is 8.93. The normalized spacial score (nSPS) is 17.7. The minimum Gasteiger partial charge on any atom is -0.383 e. The Hall–Kier alpha value is -3.87. The highest BCUT2D eigenvalue weighted by Gasteiger charge is 2.26. The van der Waals surface area contributed by atoms with Crippen LogP contribution in [0.4, 0.5) is 5.82 Å². The maximum absolute atomic E-state index is 6.66. The Labute approximate surface area is 212 Å². The molecule has 2 aliphatic rings. The first-order valence-electron chi connectivity index (χ1n) is 12.1. The van der Waals surface area contributed by atoms with Crippen molar-refractivity contribution in [1.82, 2.24) is 39.4 Å². The molecule has 1 saturated heterocycles. The van der Waals surface area contributed by atoms with Gasteiger partial charge in [0.1, 0.15) is 11.5 Å². The molecule has 180 valence electrons. The van der Waals surface area contributed by atoms with Gasteiger partial charge < -0.3 is 15.6 Å². The van der Waals surface area contributed by atoms with E-state index >= 15 is 0 Å². The molecule has 1 atom stereocenters. The van der Waals surface area contributed by atoms with Crippen LogP contribution in [0.1, 0.15) is 42.6 Å². The summed E-state index contributed by atoms with van der Waals surface area (Å²) in [7, 11) is 1.90. The van der Waals surface area contributed by atoms with Crippen molar-refractivity contribution < 1.29 is 0 Å². The van der Waals surface area contributed by atoms with Crippen LogP contribution in [0.5, 0.6) is 0 Å². The van der Waals surface area contributed by atoms with E-state index in [2.05, 4.69) is 36.8 Å². The summed E-state index contributed by atoms with van der Waals surface area (Å²) in [4.78, 5) is 9.06. The van der Waals surface area contributed by atoms with Crippen molar-refractivity contribution in [3.8, 4) is 23.1 Å². The molecule has 2 fully saturated rings. The summed E-state index contributed by atoms with van der Waals surface area (Å²) in [5, 5.41) is 14.3. The minimum absolute atomic E-state index is 0.193. The molecule has 10 heteroatoms. The van der Waals surface area contributed by atoms with Crippen molar-refractivity contribution in [2.45, 2.75) is 31.3 Å². The molecule has 9 nitrogen and oxygen atoms in total. The number of halogens is 1. The fourth-order valence-electron chi connectivity index (χ4n) is 5.06. The van der Waals surface area contributed by atoms with Crippen molar-refractivity contribution in [2.24, 2.45) is 7.05 Å². The van der Waals surface area contributed by atoms with Crippen LogP contribution in [0.3, 0.4) is 0 Å². The molecule has 1 aromatic carbocycles. The number of fused-ring (bicyclic) bond motifs is 2. The van der Waals surface area contributed by atoms with Gasteiger partial charge in [-0.2, -0.15) is 10.2 Å². The van der Waals surface area contributed by atoms with Crippen molar-refractivity contribution >= 4 is 39.4 Å². The van der Waals surface area contributed by atoms with E-state index in [9.17, 15) is 0 Å². The topological polar surface area (TPSA) is 104 Å². The van der Waals surface area contributed by atoms with Gasteiger partial charge in [0, 0.05) is 43.2 Å². The molecule has 1 saturated carbocycles. The molecule has 1 aliphatic heterocycles. The smallest absolute Gasteiger partial charge is 0.147 e. The molecule has 5 aromatic rings. The van der Waals surface area contributed by atoms with E-state index in [4.69, 9.17) is 22.4 Å². The molecule has 3 N–H and O–H groups in total. The Bertz CT molecular complexity index is 1700. The number of aromatic nitrogens is 7. The van der Waals surface area contributed by atoms with Gasteiger partial charge in [0.05, 0.1) is 45.0 Å². The molecule has 0 bridgehead atoms. The number of pyridine rings is 1. The van der Waals surface area contributed by atoms with Gasteiger partial charge in [-0.1, -0.05) is 17.5 Å². The lowest BCUT2D eigenvalue weighted by molar-refractivity contribution is 0.506. The number of nitrogen functional groups attached to an aromatic ring is 1. The van der Waals surface area contributed by atoms with E-state index in [-0.39, 0.29) is 6.04 Å². The zero-order chi connectivity index (χ0) is 24.4. The highest BCUT2D eigenvalue weighted by molar-refractivity contribution is 6.32. The van der Waals surface area contributed by atoms with Gasteiger partial charge in [0.25, 0.3) is 0 Å². The number of anilines is 1. The summed E-state index contributed by atoms with van der Waals surface area (Å²) >= 11 is 6.66. The summed E-state index contributed by atoms with van der Waals surface area (Å²) in [5.74, 6) is 6.89. The van der Waals surface area contributed by atoms with Crippen LogP contribution in [0.25, 0.3) is 33.2 Å². The molecular weight excluding hydrogens is 474 g/mol. The number of aryl methyl sites for hydroxylation is 1. The Balaban J connectivity index is 1.39. The monoisotopic (exact) mass is 497 g/mol. The van der Waals surface area contributed by atoms with Gasteiger partial charge in [-0.15, -0.1) is 0 Å². The predicted octanol–water partition coefficient (Wildman–Crippen LogP) is 3.69. The van der Waals surface area contributed by atoms with E-state index < -0.39 is 0 Å². The minimum atomic E-state index is 0.193. The fourth-order valence-corrected chi connectivity index (χ4v) is 5.26. The quantitative estimate of drug-likeness (QED) is 0.368. The third-order valence-electron chi connectivity index (χ3n) is 7.04. The molecule has 0 amide bonds. The van der Waals surface area contributed by atoms with Gasteiger partial charge in [0.15, 0.2) is 0 Å². The summed E-state index contributed by atoms with van der Waals surface area (Å²) in [5.41, 5.74) is 12.3. The van der Waals surface area contributed by atoms with Crippen molar-refractivity contribution in [3.05, 3.63) is 53.2 Å². The van der Waals surface area contributed by atoms with Gasteiger partial charge in [-0.25, -0.2) is 9.97 Å². The first-order chi connectivity index (χ1) is 17.6. The molecule has 7 rings (SSSR count). The Kier molecular flexibility index (Phi) is 4.81. The maximum Gasteiger partial charge on any atom is 0.147 e. The lowest BCUT2D eigenvalue weighted by atomic mass is 10.1. The van der Waals surface area contributed by atoms with Gasteiger partial charge in [0.2, 0.25) is 0 Å². The fraction of sp³-hybridized carbons (Fsp3) is 0.308. The second-order valence-corrected chi connectivity index (χ2v) is 9.96. The first kappa shape index (κ1) is 21.4. The molecule has 4 aromatic heterocycles. The third kappa shape index (κ3) is 3.45. The summed E-state index contributed by atoms with van der Waals surface area (Å²) < 4.78 is 6.02. The molecule has 1 unspecified atom stereocenters. The third-order valence-corrected chi connectivity index (χ3v) is 7.36. The lowest BCUT2D eigenvalue weighted by Gasteiger charge is -2.12. The Morgan fingerprint density at radius 1 is 1.11 bits per heavy atom. The Morgan fingerprint density at radius 2 is 2.00 bits per heavy atom. The van der Waals surface area contributed by atoms with Gasteiger partial charge in [-0.05, 0) is 49.9 Å². The number of hydrogen-bond acceptors (Lipinski definition) is 6. The van der Waals surface area contributed by atoms with Crippen LogP contribution < -0.4 is 11.1 Å². The number of rotatable bonds is 3. The van der Waals surface area contributed by atoms with Crippen LogP contribution >= 0.6 is 11.6 Å². The van der Waals surface area contributed by atoms with Crippen LogP contribution in [0.2, 0.25) is 5.02 Å². The van der Waals surface area contributed by atoms with Gasteiger partial charge >= 0.3 is 0 Å². The molecule has 5 heterocycles. The summed E-state index contributed by atoms with van der Waals surface area (Å²) in [6.45, 7) is 1.77. The standard InChI is InChI=1S/C26H24ClN9/c1-34-9-7-20(32-34)18-13-30-26(28)24-21(33-36(25(18)24)17-6-8-29-12-17)5-2-15-10-22-23(11-19(15)27)35(14-31-22)16-3-4-16/h7,9-11,13-14,16-17,29H,3-4,6,8,12H2,1H3,(H2,28,30). The lowest BCUT2D eigenvalue weighted by Crippen LogP contribution is -2.15. The zero-order valence-corrected chi connectivity index (χ0v) is 20.5. The number of nitrogens with zero attached hydrogens (tertiary/aromatic N) is 7.